The van der Waals surface area contributed by atoms with Gasteiger partial charge in [-0.05, 0) is 25.0 Å². The van der Waals surface area contributed by atoms with Crippen molar-refractivity contribution in [3.05, 3.63) is 30.1 Å². The van der Waals surface area contributed by atoms with Crippen LogP contribution in [0.2, 0.25) is 0 Å². The molecule has 0 aromatic carbocycles. The van der Waals surface area contributed by atoms with E-state index in [1.165, 1.54) is 10.9 Å². The minimum Gasteiger partial charge on any atom is -0.434 e. The number of hydrogen-bond acceptors (Lipinski definition) is 8. The summed E-state index contributed by atoms with van der Waals surface area (Å²) in [7, 11) is 0. The minimum absolute atomic E-state index is 0.102. The van der Waals surface area contributed by atoms with Crippen LogP contribution in [-0.4, -0.2) is 47.6 Å². The molecule has 2 rings (SSSR count). The minimum atomic E-state index is -1.68. The van der Waals surface area contributed by atoms with Gasteiger partial charge in [0.2, 0.25) is 5.60 Å². The van der Waals surface area contributed by atoms with Crippen molar-refractivity contribution in [3.8, 4) is 6.07 Å². The first kappa shape index (κ1) is 21.5. The van der Waals surface area contributed by atoms with E-state index in [9.17, 15) is 15.2 Å². The molecule has 0 spiro atoms. The zero-order valence-corrected chi connectivity index (χ0v) is 16.3. The Balaban J connectivity index is 2.19. The molecule has 152 valence electrons. The molecule has 2 heterocycles. The number of hydrogen-bond donors (Lipinski definition) is 2. The summed E-state index contributed by atoms with van der Waals surface area (Å²) in [6.07, 6.45) is -1.03. The number of aromatic nitrogens is 1. The second-order valence-corrected chi connectivity index (χ2v) is 6.92. The van der Waals surface area contributed by atoms with E-state index in [0.29, 0.717) is 11.4 Å². The average molecular weight is 390 g/mol. The quantitative estimate of drug-likeness (QED) is 0.537. The van der Waals surface area contributed by atoms with Crippen molar-refractivity contribution < 1.29 is 24.1 Å². The lowest BCUT2D eigenvalue weighted by atomic mass is 9.94. The van der Waals surface area contributed by atoms with Crippen LogP contribution in [-0.2, 0) is 19.8 Å². The Labute approximate surface area is 164 Å². The molecule has 28 heavy (non-hydrogen) atoms. The summed E-state index contributed by atoms with van der Waals surface area (Å²) in [6.45, 7) is 9.30. The summed E-state index contributed by atoms with van der Waals surface area (Å²) in [5.41, 5.74) is 5.15. The Kier molecular flexibility index (Phi) is 6.83. The second kappa shape index (κ2) is 8.91. The number of rotatable bonds is 7. The van der Waals surface area contributed by atoms with Crippen molar-refractivity contribution in [1.29, 1.82) is 5.26 Å². The van der Waals surface area contributed by atoms with Crippen LogP contribution >= 0.6 is 0 Å². The second-order valence-electron chi connectivity index (χ2n) is 6.92. The molecule has 0 saturated carbocycles. The fraction of sp³-hybridized carbons (Fsp3) is 0.526. The number of aliphatic hydroxyl groups is 1. The fourth-order valence-electron chi connectivity index (χ4n) is 2.93. The molecule has 1 saturated heterocycles. The lowest BCUT2D eigenvalue weighted by molar-refractivity contribution is -0.0705. The van der Waals surface area contributed by atoms with Gasteiger partial charge in [0.05, 0.1) is 29.8 Å². The molecule has 3 N–H and O–H groups in total. The van der Waals surface area contributed by atoms with E-state index < -0.39 is 24.0 Å². The monoisotopic (exact) mass is 390 g/mol. The molecule has 1 aromatic heterocycles. The van der Waals surface area contributed by atoms with E-state index in [1.807, 2.05) is 19.9 Å². The highest BCUT2D eigenvalue weighted by atomic mass is 16.7. The molecule has 0 radical (unpaired) electrons. The lowest BCUT2D eigenvalue weighted by Gasteiger charge is -2.25. The van der Waals surface area contributed by atoms with Gasteiger partial charge in [0.25, 0.3) is 0 Å². The highest BCUT2D eigenvalue weighted by Crippen LogP contribution is 2.40. The van der Waals surface area contributed by atoms with E-state index in [2.05, 4.69) is 11.7 Å². The standard InChI is InChI=1S/C19H26N4O5/c1-5-22-23-15(13(4)21)6-7-16(23)19(11-20)17(24)8-14(28-19)10-27-18(25)26-9-12(2)3/h5-7,12,14,17,24H,4,8-10,21H2,1-3H3/b22-5-/t14?,17-,19+/m1/s1. The molecule has 1 aromatic rings. The van der Waals surface area contributed by atoms with Crippen LogP contribution < -0.4 is 5.73 Å². The summed E-state index contributed by atoms with van der Waals surface area (Å²) >= 11 is 0. The summed E-state index contributed by atoms with van der Waals surface area (Å²) in [4.78, 5) is 11.6. The summed E-state index contributed by atoms with van der Waals surface area (Å²) in [6, 6.07) is 5.29. The Morgan fingerprint density at radius 2 is 2.32 bits per heavy atom. The van der Waals surface area contributed by atoms with Gasteiger partial charge in [-0.2, -0.15) is 10.4 Å². The van der Waals surface area contributed by atoms with Crippen molar-refractivity contribution >= 4 is 18.1 Å². The molecule has 1 aliphatic heterocycles. The van der Waals surface area contributed by atoms with E-state index >= 15 is 0 Å². The third kappa shape index (κ3) is 4.35. The predicted octanol–water partition coefficient (Wildman–Crippen LogP) is 1.95. The first-order valence-electron chi connectivity index (χ1n) is 8.97. The zero-order valence-electron chi connectivity index (χ0n) is 16.3. The number of carbonyl (C=O) groups is 1. The summed E-state index contributed by atoms with van der Waals surface area (Å²) in [5.74, 6) is 0.182. The van der Waals surface area contributed by atoms with E-state index in [-0.39, 0.29) is 31.2 Å². The van der Waals surface area contributed by atoms with Gasteiger partial charge in [-0.25, -0.2) is 9.47 Å². The van der Waals surface area contributed by atoms with Crippen LogP contribution in [0.3, 0.4) is 0 Å². The third-order valence-corrected chi connectivity index (χ3v) is 4.19. The van der Waals surface area contributed by atoms with Crippen LogP contribution in [0.4, 0.5) is 4.79 Å². The van der Waals surface area contributed by atoms with Crippen LogP contribution in [0, 0.1) is 17.2 Å². The topological polar surface area (TPSA) is 132 Å². The molecular formula is C19H26N4O5. The smallest absolute Gasteiger partial charge is 0.434 e. The zero-order chi connectivity index (χ0) is 20.9. The van der Waals surface area contributed by atoms with Gasteiger partial charge >= 0.3 is 6.16 Å². The van der Waals surface area contributed by atoms with Gasteiger partial charge in [-0.1, -0.05) is 20.4 Å². The average Bonchev–Trinajstić information content (AvgIpc) is 3.20. The molecule has 9 heteroatoms. The van der Waals surface area contributed by atoms with Gasteiger partial charge in [-0.15, -0.1) is 0 Å². The molecule has 0 bridgehead atoms. The number of nitriles is 1. The first-order valence-corrected chi connectivity index (χ1v) is 8.97. The van der Waals surface area contributed by atoms with Crippen molar-refractivity contribution in [2.75, 3.05) is 13.2 Å². The molecule has 9 nitrogen and oxygen atoms in total. The maximum Gasteiger partial charge on any atom is 0.508 e. The maximum absolute atomic E-state index is 11.6. The molecule has 0 amide bonds. The van der Waals surface area contributed by atoms with Crippen molar-refractivity contribution in [1.82, 2.24) is 4.68 Å². The summed E-state index contributed by atoms with van der Waals surface area (Å²) in [5, 5.41) is 24.6. The van der Waals surface area contributed by atoms with Crippen LogP contribution in [0.1, 0.15) is 38.6 Å². The van der Waals surface area contributed by atoms with Gasteiger partial charge in [-0.3, -0.25) is 0 Å². The van der Waals surface area contributed by atoms with E-state index in [1.54, 1.807) is 19.1 Å². The number of nitrogens with zero attached hydrogens (tertiary/aromatic N) is 3. The molecule has 0 aliphatic carbocycles. The van der Waals surface area contributed by atoms with Crippen molar-refractivity contribution in [3.63, 3.8) is 0 Å². The molecular weight excluding hydrogens is 364 g/mol. The van der Waals surface area contributed by atoms with Crippen molar-refractivity contribution in [2.45, 2.75) is 45.0 Å². The first-order chi connectivity index (χ1) is 13.2. The SMILES string of the molecule is C=C(N)c1ccc([C@]2(C#N)OC(COC(=O)OCC(C)C)C[C@H]2O)n1/N=C\C. The van der Waals surface area contributed by atoms with Gasteiger partial charge < -0.3 is 25.1 Å². The van der Waals surface area contributed by atoms with E-state index in [4.69, 9.17) is 19.9 Å². The Hall–Kier alpha value is -2.83. The fourth-order valence-corrected chi connectivity index (χ4v) is 2.93. The largest absolute Gasteiger partial charge is 0.508 e. The highest BCUT2D eigenvalue weighted by Gasteiger charge is 2.52. The van der Waals surface area contributed by atoms with Gasteiger partial charge in [0.15, 0.2) is 0 Å². The lowest BCUT2D eigenvalue weighted by Crippen LogP contribution is -2.37. The number of nitrogens with two attached hydrogens (primary N) is 1. The number of ether oxygens (including phenoxy) is 3. The maximum atomic E-state index is 11.6. The molecule has 1 fully saturated rings. The Morgan fingerprint density at radius 1 is 1.61 bits per heavy atom. The molecule has 1 unspecified atom stereocenters. The predicted molar refractivity (Wildman–Crippen MR) is 102 cm³/mol. The van der Waals surface area contributed by atoms with Gasteiger partial charge in [0.1, 0.15) is 18.8 Å². The number of aliphatic hydroxyl groups excluding tert-OH is 1. The Bertz CT molecular complexity index is 795. The van der Waals surface area contributed by atoms with Crippen LogP contribution in [0.25, 0.3) is 5.70 Å². The summed E-state index contributed by atoms with van der Waals surface area (Å²) < 4.78 is 17.2. The van der Waals surface area contributed by atoms with Crippen molar-refractivity contribution in [2.24, 2.45) is 16.8 Å². The molecule has 3 atom stereocenters. The van der Waals surface area contributed by atoms with Gasteiger partial charge in [0, 0.05) is 12.6 Å². The third-order valence-electron chi connectivity index (χ3n) is 4.19. The Morgan fingerprint density at radius 3 is 2.89 bits per heavy atom. The van der Waals surface area contributed by atoms with Crippen LogP contribution in [0.15, 0.2) is 23.8 Å². The number of carbonyl (C=O) groups excluding carboxylic acids is 1. The highest BCUT2D eigenvalue weighted by molar-refractivity contribution is 5.61. The molecule has 1 aliphatic rings. The van der Waals surface area contributed by atoms with Crippen LogP contribution in [0.5, 0.6) is 0 Å². The normalized spacial score (nSPS) is 24.4. The van der Waals surface area contributed by atoms with E-state index in [0.717, 1.165) is 0 Å².